The Bertz CT molecular complexity index is 1300. The summed E-state index contributed by atoms with van der Waals surface area (Å²) in [6.07, 6.45) is 9.26. The number of piperidine rings is 1. The molecule has 2 aromatic rings. The molecular formula is C29H35N5O3. The third-order valence-corrected chi connectivity index (χ3v) is 10.2. The van der Waals surface area contributed by atoms with Crippen LogP contribution in [0.15, 0.2) is 30.5 Å². The zero-order valence-corrected chi connectivity index (χ0v) is 21.1. The van der Waals surface area contributed by atoms with Gasteiger partial charge in [-0.25, -0.2) is 0 Å². The Kier molecular flexibility index (Phi) is 5.06. The van der Waals surface area contributed by atoms with E-state index in [2.05, 4.69) is 11.1 Å². The highest BCUT2D eigenvalue weighted by atomic mass is 16.6. The number of nitriles is 1. The Labute approximate surface area is 216 Å². The van der Waals surface area contributed by atoms with Gasteiger partial charge in [0, 0.05) is 29.6 Å². The number of benzene rings is 1. The van der Waals surface area contributed by atoms with E-state index in [4.69, 9.17) is 16.2 Å². The summed E-state index contributed by atoms with van der Waals surface area (Å²) >= 11 is 0. The van der Waals surface area contributed by atoms with Gasteiger partial charge in [0.1, 0.15) is 17.7 Å². The van der Waals surface area contributed by atoms with Crippen LogP contribution in [0.4, 0.5) is 0 Å². The molecule has 8 rings (SSSR count). The maximum absolute atomic E-state index is 13.7. The quantitative estimate of drug-likeness (QED) is 0.520. The molecule has 1 aromatic heterocycles. The summed E-state index contributed by atoms with van der Waals surface area (Å²) in [7, 11) is 0. The highest BCUT2D eigenvalue weighted by molar-refractivity contribution is 5.85. The molecule has 8 heteroatoms. The lowest BCUT2D eigenvalue weighted by molar-refractivity contribution is -0.206. The van der Waals surface area contributed by atoms with Gasteiger partial charge in [-0.3, -0.25) is 9.59 Å². The number of rotatable bonds is 6. The molecule has 5 aliphatic carbocycles. The van der Waals surface area contributed by atoms with Crippen molar-refractivity contribution < 1.29 is 14.3 Å². The van der Waals surface area contributed by atoms with Gasteiger partial charge in [0.2, 0.25) is 5.91 Å². The summed E-state index contributed by atoms with van der Waals surface area (Å²) in [4.78, 5) is 32.1. The molecule has 6 fully saturated rings. The fourth-order valence-corrected chi connectivity index (χ4v) is 8.95. The maximum Gasteiger partial charge on any atom is 0.323 e. The molecule has 1 aromatic carbocycles. The summed E-state index contributed by atoms with van der Waals surface area (Å²) in [5.74, 6) is 0.819. The van der Waals surface area contributed by atoms with Crippen molar-refractivity contribution in [2.75, 3.05) is 0 Å². The third kappa shape index (κ3) is 3.62. The number of fused-ring (bicyclic) bond motifs is 2. The molecule has 37 heavy (non-hydrogen) atoms. The van der Waals surface area contributed by atoms with Gasteiger partial charge in [-0.2, -0.15) is 5.26 Å². The average Bonchev–Trinajstić information content (AvgIpc) is 3.35. The van der Waals surface area contributed by atoms with Crippen LogP contribution in [0.25, 0.3) is 10.9 Å². The predicted octanol–water partition coefficient (Wildman–Crippen LogP) is 2.76. The Morgan fingerprint density at radius 1 is 1.14 bits per heavy atom. The second-order valence-electron chi connectivity index (χ2n) is 12.8. The van der Waals surface area contributed by atoms with Crippen LogP contribution in [0.3, 0.4) is 0 Å². The van der Waals surface area contributed by atoms with Crippen molar-refractivity contribution in [1.29, 1.82) is 5.26 Å². The summed E-state index contributed by atoms with van der Waals surface area (Å²) in [6, 6.07) is 8.72. The predicted molar refractivity (Wildman–Crippen MR) is 137 cm³/mol. The fraction of sp³-hybridized carbons (Fsp3) is 0.621. The molecule has 7 atom stereocenters. The van der Waals surface area contributed by atoms with Crippen molar-refractivity contribution in [3.63, 3.8) is 0 Å². The molecule has 8 nitrogen and oxygen atoms in total. The van der Waals surface area contributed by atoms with Crippen molar-refractivity contribution in [2.45, 2.75) is 87.6 Å². The molecular weight excluding hydrogens is 466 g/mol. The van der Waals surface area contributed by atoms with Gasteiger partial charge in [0.15, 0.2) is 0 Å². The zero-order valence-electron chi connectivity index (χ0n) is 21.1. The highest BCUT2D eigenvalue weighted by Gasteiger charge is 2.64. The fourth-order valence-electron chi connectivity index (χ4n) is 8.95. The molecule has 4 bridgehead atoms. The van der Waals surface area contributed by atoms with E-state index < -0.39 is 17.7 Å². The minimum Gasteiger partial charge on any atom is -0.458 e. The third-order valence-electron chi connectivity index (χ3n) is 10.2. The van der Waals surface area contributed by atoms with E-state index in [1.807, 2.05) is 30.5 Å². The molecule has 5 N–H and O–H groups in total. The molecule has 0 spiro atoms. The second-order valence-corrected chi connectivity index (χ2v) is 12.8. The lowest BCUT2D eigenvalue weighted by atomic mass is 9.46. The number of likely N-dealkylation sites (tertiary alicyclic amines) is 1. The van der Waals surface area contributed by atoms with Gasteiger partial charge in [0.25, 0.3) is 0 Å². The number of amides is 1. The Morgan fingerprint density at radius 3 is 2.65 bits per heavy atom. The topological polar surface area (TPSA) is 138 Å². The lowest BCUT2D eigenvalue weighted by Crippen LogP contribution is -2.66. The molecule has 1 saturated heterocycles. The van der Waals surface area contributed by atoms with Crippen LogP contribution in [-0.4, -0.2) is 51.5 Å². The van der Waals surface area contributed by atoms with Crippen LogP contribution in [0.1, 0.15) is 56.9 Å². The van der Waals surface area contributed by atoms with E-state index >= 15 is 0 Å². The molecule has 2 heterocycles. The van der Waals surface area contributed by atoms with Crippen LogP contribution in [0, 0.1) is 34.5 Å². The smallest absolute Gasteiger partial charge is 0.323 e. The van der Waals surface area contributed by atoms with Crippen molar-refractivity contribution in [2.24, 2.45) is 34.6 Å². The number of para-hydroxylation sites is 1. The van der Waals surface area contributed by atoms with Crippen molar-refractivity contribution in [3.8, 4) is 6.07 Å². The molecule has 1 aliphatic heterocycles. The van der Waals surface area contributed by atoms with E-state index in [0.29, 0.717) is 30.6 Å². The number of H-pyrrole nitrogens is 1. The normalized spacial score (nSPS) is 38.7. The minimum atomic E-state index is -0.758. The van der Waals surface area contributed by atoms with Crippen LogP contribution in [-0.2, 0) is 20.7 Å². The number of esters is 1. The number of aromatic amines is 1. The van der Waals surface area contributed by atoms with Crippen LogP contribution < -0.4 is 11.5 Å². The first kappa shape index (κ1) is 23.2. The summed E-state index contributed by atoms with van der Waals surface area (Å²) in [5, 5.41) is 10.7. The summed E-state index contributed by atoms with van der Waals surface area (Å²) < 4.78 is 6.32. The van der Waals surface area contributed by atoms with E-state index in [0.717, 1.165) is 61.4 Å². The molecule has 1 amide bonds. The van der Waals surface area contributed by atoms with Crippen molar-refractivity contribution in [1.82, 2.24) is 9.88 Å². The van der Waals surface area contributed by atoms with Crippen molar-refractivity contribution in [3.05, 3.63) is 36.0 Å². The standard InChI is InChI=1S/C29H35N5O3/c30-13-20-6-18-8-24(18)34(20)26(35)25(32)28-9-16-5-17(10-28)12-29(11-16,15-28)37-27(36)22(31)7-19-14-33-23-4-2-1-3-21(19)23/h1-4,14,16-18,20,22,24-25,33H,5-12,15,31-32H2/t16?,17?,18-,20+,22+,24+,25-,28?,29?/m1/s1. The van der Waals surface area contributed by atoms with E-state index in [1.165, 1.54) is 0 Å². The van der Waals surface area contributed by atoms with Gasteiger partial charge >= 0.3 is 5.97 Å². The number of carbonyl (C=O) groups is 2. The van der Waals surface area contributed by atoms with Gasteiger partial charge < -0.3 is 26.1 Å². The number of hydrogen-bond donors (Lipinski definition) is 3. The number of nitrogens with two attached hydrogens (primary N) is 2. The number of hydrogen-bond acceptors (Lipinski definition) is 6. The number of nitrogens with one attached hydrogen (secondary N) is 1. The molecule has 2 unspecified atom stereocenters. The van der Waals surface area contributed by atoms with E-state index in [1.54, 1.807) is 4.90 Å². The van der Waals surface area contributed by atoms with Crippen LogP contribution in [0.5, 0.6) is 0 Å². The lowest BCUT2D eigenvalue weighted by Gasteiger charge is -2.62. The number of carbonyl (C=O) groups excluding carboxylic acids is 2. The van der Waals surface area contributed by atoms with Gasteiger partial charge in [-0.05, 0) is 86.2 Å². The Hall–Kier alpha value is -2.89. The van der Waals surface area contributed by atoms with E-state index in [-0.39, 0.29) is 29.4 Å². The largest absolute Gasteiger partial charge is 0.458 e. The summed E-state index contributed by atoms with van der Waals surface area (Å²) in [6.45, 7) is 0. The highest BCUT2D eigenvalue weighted by Crippen LogP contribution is 2.64. The molecule has 6 aliphatic rings. The SMILES string of the molecule is N#C[C@@H]1C[C@@H]2C[C@@H]2N1C(=O)[C@@H](N)C12CC3CC(CC(OC(=O)[C@@H](N)Cc4c[nH]c5ccccc45)(C3)C1)C2. The number of nitrogens with zero attached hydrogens (tertiary/aromatic N) is 2. The van der Waals surface area contributed by atoms with Crippen LogP contribution in [0.2, 0.25) is 0 Å². The van der Waals surface area contributed by atoms with E-state index in [9.17, 15) is 14.9 Å². The summed E-state index contributed by atoms with van der Waals surface area (Å²) in [5.41, 5.74) is 14.3. The maximum atomic E-state index is 13.7. The van der Waals surface area contributed by atoms with Crippen LogP contribution >= 0.6 is 0 Å². The number of aromatic nitrogens is 1. The average molecular weight is 502 g/mol. The number of ether oxygens (including phenoxy) is 1. The second kappa shape index (κ2) is 8.05. The first-order valence-corrected chi connectivity index (χ1v) is 13.8. The van der Waals surface area contributed by atoms with Crippen molar-refractivity contribution >= 4 is 22.8 Å². The van der Waals surface area contributed by atoms with Gasteiger partial charge in [0.05, 0.1) is 12.1 Å². The Balaban J connectivity index is 1.09. The first-order chi connectivity index (χ1) is 17.8. The first-order valence-electron chi connectivity index (χ1n) is 13.8. The molecule has 5 saturated carbocycles. The monoisotopic (exact) mass is 501 g/mol. The zero-order chi connectivity index (χ0) is 25.5. The van der Waals surface area contributed by atoms with Gasteiger partial charge in [-0.15, -0.1) is 0 Å². The molecule has 194 valence electrons. The molecule has 0 radical (unpaired) electrons. The minimum absolute atomic E-state index is 0.0731. The Morgan fingerprint density at radius 2 is 1.89 bits per heavy atom. The van der Waals surface area contributed by atoms with Gasteiger partial charge in [-0.1, -0.05) is 18.2 Å².